The largest absolute Gasteiger partial charge is 0.337 e. The highest BCUT2D eigenvalue weighted by atomic mass is 35.5. The van der Waals surface area contributed by atoms with Crippen molar-refractivity contribution in [3.63, 3.8) is 0 Å². The third-order valence-corrected chi connectivity index (χ3v) is 2.90. The van der Waals surface area contributed by atoms with Crippen LogP contribution >= 0.6 is 11.6 Å². The molecule has 3 nitrogen and oxygen atoms in total. The number of H-pyrrole nitrogens is 1. The van der Waals surface area contributed by atoms with Crippen LogP contribution in [0.25, 0.3) is 22.6 Å². The fourth-order valence-electron chi connectivity index (χ4n) is 1.79. The second-order valence-corrected chi connectivity index (χ2v) is 4.29. The highest BCUT2D eigenvalue weighted by Crippen LogP contribution is 2.24. The van der Waals surface area contributed by atoms with Gasteiger partial charge < -0.3 is 4.98 Å². The zero-order valence-electron chi connectivity index (χ0n) is 9.24. The molecule has 0 fully saturated rings. The van der Waals surface area contributed by atoms with E-state index < -0.39 is 0 Å². The Hall–Kier alpha value is -1.87. The van der Waals surface area contributed by atoms with Crippen LogP contribution in [0.3, 0.4) is 0 Å². The molecule has 0 aliphatic carbocycles. The van der Waals surface area contributed by atoms with E-state index in [1.807, 2.05) is 43.3 Å². The summed E-state index contributed by atoms with van der Waals surface area (Å²) in [6.07, 6.45) is 0. The van der Waals surface area contributed by atoms with E-state index in [-0.39, 0.29) is 0 Å². The number of halogens is 1. The number of aromatic amines is 1. The van der Waals surface area contributed by atoms with Crippen molar-refractivity contribution in [2.75, 3.05) is 0 Å². The summed E-state index contributed by atoms with van der Waals surface area (Å²) in [5.41, 5.74) is 3.51. The summed E-state index contributed by atoms with van der Waals surface area (Å²) >= 11 is 6.09. The van der Waals surface area contributed by atoms with E-state index in [9.17, 15) is 0 Å². The molecule has 2 aromatic heterocycles. The van der Waals surface area contributed by atoms with Crippen molar-refractivity contribution in [3.05, 3.63) is 47.1 Å². The van der Waals surface area contributed by atoms with E-state index >= 15 is 0 Å². The number of aromatic nitrogens is 3. The number of fused-ring (bicyclic) bond motifs is 1. The monoisotopic (exact) mass is 243 g/mol. The molecular formula is C13H10ClN3. The third-order valence-electron chi connectivity index (χ3n) is 2.59. The van der Waals surface area contributed by atoms with Crippen molar-refractivity contribution in [1.29, 1.82) is 0 Å². The Morgan fingerprint density at radius 2 is 1.88 bits per heavy atom. The number of pyridine rings is 1. The predicted molar refractivity (Wildman–Crippen MR) is 69.1 cm³/mol. The van der Waals surface area contributed by atoms with Crippen molar-refractivity contribution in [1.82, 2.24) is 15.0 Å². The van der Waals surface area contributed by atoms with Crippen LogP contribution in [0.15, 0.2) is 36.4 Å². The molecule has 17 heavy (non-hydrogen) atoms. The van der Waals surface area contributed by atoms with Crippen molar-refractivity contribution in [2.24, 2.45) is 0 Å². The maximum Gasteiger partial charge on any atom is 0.157 e. The Bertz CT molecular complexity index is 688. The first-order valence-corrected chi connectivity index (χ1v) is 5.70. The number of rotatable bonds is 1. The van der Waals surface area contributed by atoms with Crippen LogP contribution in [0.2, 0.25) is 5.02 Å². The molecule has 0 radical (unpaired) electrons. The first-order valence-electron chi connectivity index (χ1n) is 5.32. The molecule has 0 saturated carbocycles. The average molecular weight is 244 g/mol. The Kier molecular flexibility index (Phi) is 2.34. The zero-order chi connectivity index (χ0) is 11.8. The maximum absolute atomic E-state index is 6.09. The van der Waals surface area contributed by atoms with Gasteiger partial charge in [-0.1, -0.05) is 23.7 Å². The Labute approximate surface area is 103 Å². The molecule has 1 N–H and O–H groups in total. The van der Waals surface area contributed by atoms with Gasteiger partial charge in [0.2, 0.25) is 0 Å². The molecule has 0 aliphatic rings. The van der Waals surface area contributed by atoms with Crippen molar-refractivity contribution in [2.45, 2.75) is 6.92 Å². The number of imidazole rings is 1. The minimum atomic E-state index is 0.651. The number of para-hydroxylation sites is 1. The third kappa shape index (κ3) is 1.78. The molecule has 4 heteroatoms. The lowest BCUT2D eigenvalue weighted by Crippen LogP contribution is -1.87. The summed E-state index contributed by atoms with van der Waals surface area (Å²) in [6, 6.07) is 11.5. The van der Waals surface area contributed by atoms with E-state index in [0.717, 1.165) is 28.2 Å². The summed E-state index contributed by atoms with van der Waals surface area (Å²) in [5, 5.41) is 0.651. The number of nitrogens with one attached hydrogen (secondary N) is 1. The predicted octanol–water partition coefficient (Wildman–Crippen LogP) is 3.59. The van der Waals surface area contributed by atoms with E-state index in [4.69, 9.17) is 11.6 Å². The Balaban J connectivity index is 2.22. The van der Waals surface area contributed by atoms with Gasteiger partial charge in [-0.25, -0.2) is 9.97 Å². The first-order chi connectivity index (χ1) is 8.24. The quantitative estimate of drug-likeness (QED) is 0.710. The summed E-state index contributed by atoms with van der Waals surface area (Å²) in [5.74, 6) is 0.747. The van der Waals surface area contributed by atoms with Crippen LogP contribution in [-0.4, -0.2) is 15.0 Å². The van der Waals surface area contributed by atoms with Crippen LogP contribution in [0, 0.1) is 6.92 Å². The van der Waals surface area contributed by atoms with Gasteiger partial charge >= 0.3 is 0 Å². The van der Waals surface area contributed by atoms with Gasteiger partial charge in [0.15, 0.2) is 5.82 Å². The number of hydrogen-bond donors (Lipinski definition) is 1. The fraction of sp³-hybridized carbons (Fsp3) is 0.0769. The van der Waals surface area contributed by atoms with E-state index in [1.54, 1.807) is 0 Å². The molecule has 2 heterocycles. The molecule has 0 aliphatic heterocycles. The van der Waals surface area contributed by atoms with Crippen LogP contribution in [0.4, 0.5) is 0 Å². The molecule has 0 unspecified atom stereocenters. The molecule has 1 aromatic carbocycles. The molecule has 0 bridgehead atoms. The van der Waals surface area contributed by atoms with E-state index in [0.29, 0.717) is 5.02 Å². The molecule has 0 spiro atoms. The topological polar surface area (TPSA) is 41.6 Å². The number of nitrogens with zero attached hydrogens (tertiary/aromatic N) is 2. The first kappa shape index (κ1) is 10.3. The number of aryl methyl sites for hydroxylation is 1. The molecule has 3 aromatic rings. The maximum atomic E-state index is 6.09. The van der Waals surface area contributed by atoms with Gasteiger partial charge in [-0.15, -0.1) is 0 Å². The molecule has 0 saturated heterocycles. The molecule has 0 amide bonds. The van der Waals surface area contributed by atoms with Crippen molar-refractivity contribution < 1.29 is 0 Å². The van der Waals surface area contributed by atoms with Crippen LogP contribution in [0.1, 0.15) is 5.69 Å². The number of benzene rings is 1. The minimum Gasteiger partial charge on any atom is -0.337 e. The van der Waals surface area contributed by atoms with Gasteiger partial charge in [0.05, 0.1) is 10.5 Å². The fourth-order valence-corrected chi connectivity index (χ4v) is 2.01. The van der Waals surface area contributed by atoms with E-state index in [2.05, 4.69) is 15.0 Å². The van der Waals surface area contributed by atoms with Gasteiger partial charge in [0, 0.05) is 5.69 Å². The summed E-state index contributed by atoms with van der Waals surface area (Å²) < 4.78 is 0. The average Bonchev–Trinajstić information content (AvgIpc) is 2.74. The Morgan fingerprint density at radius 3 is 2.65 bits per heavy atom. The molecule has 0 atom stereocenters. The summed E-state index contributed by atoms with van der Waals surface area (Å²) in [7, 11) is 0. The molecule has 84 valence electrons. The lowest BCUT2D eigenvalue weighted by atomic mass is 10.3. The van der Waals surface area contributed by atoms with Gasteiger partial charge in [-0.05, 0) is 31.2 Å². The zero-order valence-corrected chi connectivity index (χ0v) is 9.99. The Morgan fingerprint density at radius 1 is 1.06 bits per heavy atom. The van der Waals surface area contributed by atoms with Crippen LogP contribution in [0.5, 0.6) is 0 Å². The van der Waals surface area contributed by atoms with Crippen molar-refractivity contribution >= 4 is 22.6 Å². The van der Waals surface area contributed by atoms with Crippen LogP contribution < -0.4 is 0 Å². The lowest BCUT2D eigenvalue weighted by Gasteiger charge is -1.96. The second-order valence-electron chi connectivity index (χ2n) is 3.89. The van der Waals surface area contributed by atoms with Gasteiger partial charge in [-0.2, -0.15) is 0 Å². The van der Waals surface area contributed by atoms with Gasteiger partial charge in [0.25, 0.3) is 0 Å². The summed E-state index contributed by atoms with van der Waals surface area (Å²) in [4.78, 5) is 12.1. The van der Waals surface area contributed by atoms with Gasteiger partial charge in [-0.3, -0.25) is 0 Å². The molecular weight excluding hydrogens is 234 g/mol. The molecule has 3 rings (SSSR count). The second kappa shape index (κ2) is 3.86. The minimum absolute atomic E-state index is 0.651. The highest BCUT2D eigenvalue weighted by molar-refractivity contribution is 6.34. The highest BCUT2D eigenvalue weighted by Gasteiger charge is 2.08. The smallest absolute Gasteiger partial charge is 0.157 e. The SMILES string of the molecule is Cc1cccc(-c2nc3c(Cl)cccc3[nH]2)n1. The van der Waals surface area contributed by atoms with Gasteiger partial charge in [0.1, 0.15) is 11.2 Å². The lowest BCUT2D eigenvalue weighted by molar-refractivity contribution is 1.17. The normalized spacial score (nSPS) is 10.9. The van der Waals surface area contributed by atoms with Crippen LogP contribution in [-0.2, 0) is 0 Å². The van der Waals surface area contributed by atoms with E-state index in [1.165, 1.54) is 0 Å². The van der Waals surface area contributed by atoms with Crippen molar-refractivity contribution in [3.8, 4) is 11.5 Å². The number of hydrogen-bond acceptors (Lipinski definition) is 2. The summed E-state index contributed by atoms with van der Waals surface area (Å²) in [6.45, 7) is 1.96. The standard InChI is InChI=1S/C13H10ClN3/c1-8-4-2-7-11(15-8)13-16-10-6-3-5-9(14)12(10)17-13/h2-7H,1H3,(H,16,17).